The fourth-order valence-electron chi connectivity index (χ4n) is 5.22. The van der Waals surface area contributed by atoms with Crippen LogP contribution in [-0.2, 0) is 7.05 Å². The maximum atomic E-state index is 13.1. The van der Waals surface area contributed by atoms with E-state index in [1.165, 1.54) is 4.57 Å². The summed E-state index contributed by atoms with van der Waals surface area (Å²) in [5, 5.41) is 6.90. The van der Waals surface area contributed by atoms with E-state index >= 15 is 0 Å². The molecule has 0 fully saturated rings. The smallest absolute Gasteiger partial charge is 0.274 e. The highest BCUT2D eigenvalue weighted by atomic mass is 16.2. The van der Waals surface area contributed by atoms with Gasteiger partial charge in [-0.25, -0.2) is 0 Å². The molecule has 0 saturated carbocycles. The van der Waals surface area contributed by atoms with Gasteiger partial charge in [-0.15, -0.1) is 0 Å². The van der Waals surface area contributed by atoms with Crippen LogP contribution in [0, 0.1) is 0 Å². The van der Waals surface area contributed by atoms with Crippen molar-refractivity contribution in [3.63, 3.8) is 0 Å². The highest BCUT2D eigenvalue weighted by Gasteiger charge is 2.24. The molecule has 7 heteroatoms. The van der Waals surface area contributed by atoms with Crippen LogP contribution < -0.4 is 32.5 Å². The zero-order valence-corrected chi connectivity index (χ0v) is 24.2. The summed E-state index contributed by atoms with van der Waals surface area (Å²) in [6, 6.07) is 36.8. The first-order valence-electron chi connectivity index (χ1n) is 14.2. The van der Waals surface area contributed by atoms with Gasteiger partial charge in [0.25, 0.3) is 17.0 Å². The first-order valence-corrected chi connectivity index (χ1v) is 14.2. The molecule has 43 heavy (non-hydrogen) atoms. The summed E-state index contributed by atoms with van der Waals surface area (Å²) in [6.45, 7) is 0.418. The lowest BCUT2D eigenvalue weighted by Crippen LogP contribution is -2.52. The molecular weight excluding hydrogens is 536 g/mol. The van der Waals surface area contributed by atoms with E-state index in [0.717, 1.165) is 16.7 Å². The van der Waals surface area contributed by atoms with Gasteiger partial charge in [-0.05, 0) is 53.6 Å². The highest BCUT2D eigenvalue weighted by Crippen LogP contribution is 2.27. The highest BCUT2D eigenvalue weighted by molar-refractivity contribution is 5.94. The Bertz CT molecular complexity index is 1880. The van der Waals surface area contributed by atoms with E-state index in [0.29, 0.717) is 17.7 Å². The Morgan fingerprint density at radius 3 is 1.86 bits per heavy atom. The van der Waals surface area contributed by atoms with Crippen LogP contribution in [0.3, 0.4) is 0 Å². The molecule has 1 atom stereocenters. The third-order valence-corrected chi connectivity index (χ3v) is 7.54. The van der Waals surface area contributed by atoms with Gasteiger partial charge in [0.2, 0.25) is 0 Å². The van der Waals surface area contributed by atoms with Gasteiger partial charge in [-0.3, -0.25) is 14.4 Å². The Morgan fingerprint density at radius 1 is 0.767 bits per heavy atom. The number of nitrogens with zero attached hydrogens (tertiary/aromatic N) is 1. The minimum absolute atomic E-state index is 0.0449. The molecule has 0 bridgehead atoms. The fraction of sp³-hybridized carbons (Fsp3) is 0.139. The van der Waals surface area contributed by atoms with Gasteiger partial charge in [0.05, 0.1) is 0 Å². The summed E-state index contributed by atoms with van der Waals surface area (Å²) in [6.07, 6.45) is 3.29. The fourth-order valence-corrected chi connectivity index (χ4v) is 5.22. The topological polar surface area (TPSA) is 96.0 Å². The molecule has 1 unspecified atom stereocenters. The summed E-state index contributed by atoms with van der Waals surface area (Å²) < 4.78 is 1.34. The van der Waals surface area contributed by atoms with Crippen LogP contribution >= 0.6 is 0 Å². The van der Waals surface area contributed by atoms with Crippen molar-refractivity contribution in [1.29, 1.82) is 0 Å². The largest absolute Gasteiger partial charge is 0.350 e. The number of hydrogen-bond donors (Lipinski definition) is 3. The molecule has 3 N–H and O–H groups in total. The lowest BCUT2D eigenvalue weighted by Gasteiger charge is -2.28. The summed E-state index contributed by atoms with van der Waals surface area (Å²) in [5.41, 5.74) is 3.65. The monoisotopic (exact) mass is 570 g/mol. The van der Waals surface area contributed by atoms with E-state index in [9.17, 15) is 14.4 Å². The SMILES string of the molecule is CNC(CNC(=O)c1ccc(C=c2[nH]c(=O)c(=Cc3ccccc3)n(C)c2=O)cc1)C(c1ccccc1)c1ccccc1. The summed E-state index contributed by atoms with van der Waals surface area (Å²) in [4.78, 5) is 41.6. The standard InChI is InChI=1S/C36H34N4O3/c1-37-31(33(27-14-8-4-9-15-27)28-16-10-5-11-17-28)24-38-34(41)29-20-18-26(19-21-29)22-30-36(43)40(2)32(35(42)39-30)23-25-12-6-3-7-13-25/h3-23,31,33,37H,24H2,1-2H3,(H,38,41)(H,39,42). The Hall–Kier alpha value is -5.27. The molecule has 0 radical (unpaired) electrons. The Balaban J connectivity index is 1.33. The molecule has 216 valence electrons. The predicted octanol–water partition coefficient (Wildman–Crippen LogP) is 2.88. The van der Waals surface area contributed by atoms with Crippen molar-refractivity contribution in [2.75, 3.05) is 13.6 Å². The number of carbonyl (C=O) groups is 1. The van der Waals surface area contributed by atoms with Gasteiger partial charge < -0.3 is 20.2 Å². The van der Waals surface area contributed by atoms with Gasteiger partial charge in [0, 0.05) is 31.1 Å². The van der Waals surface area contributed by atoms with E-state index < -0.39 is 0 Å². The predicted molar refractivity (Wildman–Crippen MR) is 171 cm³/mol. The molecule has 7 nitrogen and oxygen atoms in total. The number of benzene rings is 4. The van der Waals surface area contributed by atoms with Crippen LogP contribution in [0.4, 0.5) is 0 Å². The summed E-state index contributed by atoms with van der Waals surface area (Å²) in [5.74, 6) is -0.150. The van der Waals surface area contributed by atoms with Gasteiger partial charge in [0.15, 0.2) is 0 Å². The second-order valence-electron chi connectivity index (χ2n) is 10.3. The molecule has 1 heterocycles. The van der Waals surface area contributed by atoms with Crippen LogP contribution in [0.1, 0.15) is 38.5 Å². The Morgan fingerprint density at radius 2 is 1.30 bits per heavy atom. The normalized spacial score (nSPS) is 12.8. The molecule has 0 aliphatic rings. The average molecular weight is 571 g/mol. The first-order chi connectivity index (χ1) is 20.9. The quantitative estimate of drug-likeness (QED) is 0.254. The minimum atomic E-state index is -0.364. The Kier molecular flexibility index (Phi) is 9.24. The van der Waals surface area contributed by atoms with Gasteiger partial charge in [-0.1, -0.05) is 103 Å². The zero-order chi connectivity index (χ0) is 30.2. The third-order valence-electron chi connectivity index (χ3n) is 7.54. The maximum absolute atomic E-state index is 13.1. The minimum Gasteiger partial charge on any atom is -0.350 e. The number of aromatic nitrogens is 2. The van der Waals surface area contributed by atoms with E-state index in [4.69, 9.17) is 0 Å². The second kappa shape index (κ2) is 13.6. The number of rotatable bonds is 9. The van der Waals surface area contributed by atoms with Crippen molar-refractivity contribution in [2.45, 2.75) is 12.0 Å². The van der Waals surface area contributed by atoms with Crippen LogP contribution in [0.25, 0.3) is 12.2 Å². The van der Waals surface area contributed by atoms with Crippen molar-refractivity contribution in [3.8, 4) is 0 Å². The number of aromatic amines is 1. The van der Waals surface area contributed by atoms with Crippen LogP contribution in [0.2, 0.25) is 0 Å². The van der Waals surface area contributed by atoms with Crippen molar-refractivity contribution < 1.29 is 4.79 Å². The van der Waals surface area contributed by atoms with E-state index in [1.807, 2.05) is 73.8 Å². The molecule has 4 aromatic carbocycles. The number of amides is 1. The van der Waals surface area contributed by atoms with Crippen LogP contribution in [-0.4, -0.2) is 35.1 Å². The maximum Gasteiger partial charge on any atom is 0.274 e. The molecule has 0 aliphatic heterocycles. The van der Waals surface area contributed by atoms with Crippen LogP contribution in [0.15, 0.2) is 125 Å². The van der Waals surface area contributed by atoms with Crippen molar-refractivity contribution >= 4 is 18.1 Å². The van der Waals surface area contributed by atoms with Crippen molar-refractivity contribution in [1.82, 2.24) is 20.2 Å². The summed E-state index contributed by atoms with van der Waals surface area (Å²) in [7, 11) is 3.48. The number of H-pyrrole nitrogens is 1. The van der Waals surface area contributed by atoms with E-state index in [2.05, 4.69) is 39.9 Å². The van der Waals surface area contributed by atoms with Gasteiger partial charge >= 0.3 is 0 Å². The third kappa shape index (κ3) is 6.97. The van der Waals surface area contributed by atoms with Crippen molar-refractivity contribution in [3.05, 3.63) is 174 Å². The molecule has 5 rings (SSSR count). The molecular formula is C36H34N4O3. The zero-order valence-electron chi connectivity index (χ0n) is 24.2. The molecule has 1 amide bonds. The first kappa shape index (κ1) is 29.2. The summed E-state index contributed by atoms with van der Waals surface area (Å²) >= 11 is 0. The average Bonchev–Trinajstić information content (AvgIpc) is 3.05. The molecule has 5 aromatic rings. The number of likely N-dealkylation sites (N-methyl/N-ethyl adjacent to an activating group) is 1. The lowest BCUT2D eigenvalue weighted by molar-refractivity contribution is 0.0949. The van der Waals surface area contributed by atoms with Crippen LogP contribution in [0.5, 0.6) is 0 Å². The van der Waals surface area contributed by atoms with Gasteiger partial charge in [0.1, 0.15) is 10.7 Å². The van der Waals surface area contributed by atoms with E-state index in [-0.39, 0.29) is 39.7 Å². The molecule has 1 aromatic heterocycles. The van der Waals surface area contributed by atoms with Crippen molar-refractivity contribution in [2.24, 2.45) is 7.05 Å². The molecule has 0 aliphatic carbocycles. The number of nitrogens with one attached hydrogen (secondary N) is 3. The second-order valence-corrected chi connectivity index (χ2v) is 10.3. The lowest BCUT2D eigenvalue weighted by atomic mass is 9.85. The Labute approximate surface area is 249 Å². The van der Waals surface area contributed by atoms with Gasteiger partial charge in [-0.2, -0.15) is 0 Å². The molecule has 0 saturated heterocycles. The number of carbonyl (C=O) groups excluding carboxylic acids is 1. The van der Waals surface area contributed by atoms with E-state index in [1.54, 1.807) is 43.5 Å². The molecule has 0 spiro atoms. The number of hydrogen-bond acceptors (Lipinski definition) is 4.